The Hall–Kier alpha value is -2.09. The molecule has 0 bridgehead atoms. The molecule has 0 aliphatic heterocycles. The number of nitrogens with one attached hydrogen (secondary N) is 1. The van der Waals surface area contributed by atoms with E-state index in [0.717, 1.165) is 19.2 Å². The summed E-state index contributed by atoms with van der Waals surface area (Å²) < 4.78 is 43.9. The van der Waals surface area contributed by atoms with Crippen LogP contribution in [0.5, 0.6) is 0 Å². The van der Waals surface area contributed by atoms with Crippen LogP contribution in [0.25, 0.3) is 0 Å². The average Bonchev–Trinajstić information content (AvgIpc) is 2.43. The van der Waals surface area contributed by atoms with Crippen molar-refractivity contribution in [2.75, 3.05) is 7.11 Å². The summed E-state index contributed by atoms with van der Waals surface area (Å²) in [6.07, 6.45) is -5.32. The maximum absolute atomic E-state index is 13.2. The first kappa shape index (κ1) is 16.0. The quantitative estimate of drug-likeness (QED) is 0.619. The van der Waals surface area contributed by atoms with Crippen LogP contribution in [0.3, 0.4) is 0 Å². The van der Waals surface area contributed by atoms with E-state index in [0.29, 0.717) is 0 Å². The van der Waals surface area contributed by atoms with E-state index in [1.807, 2.05) is 0 Å². The molecule has 2 N–H and O–H groups in total. The first-order valence-electron chi connectivity index (χ1n) is 5.41. The fraction of sp³-hybridized carbons (Fsp3) is 0.333. The summed E-state index contributed by atoms with van der Waals surface area (Å²) in [6.45, 7) is 0. The molecule has 0 spiro atoms. The highest BCUT2D eigenvalue weighted by Gasteiger charge is 2.62. The number of carbonyl (C=O) groups excluding carboxylic acids is 2. The van der Waals surface area contributed by atoms with Crippen LogP contribution < -0.4 is 5.32 Å². The lowest BCUT2D eigenvalue weighted by Gasteiger charge is -2.35. The molecule has 8 heteroatoms. The summed E-state index contributed by atoms with van der Waals surface area (Å²) in [5, 5.41) is 11.7. The number of alkyl halides is 3. The minimum Gasteiger partial charge on any atom is -0.467 e. The van der Waals surface area contributed by atoms with Gasteiger partial charge in [0.1, 0.15) is 0 Å². The van der Waals surface area contributed by atoms with Crippen molar-refractivity contribution >= 4 is 12.4 Å². The smallest absolute Gasteiger partial charge is 0.424 e. The van der Waals surface area contributed by atoms with Gasteiger partial charge in [0, 0.05) is 0 Å². The number of halogens is 3. The number of amides is 1. The standard InChI is InChI=1S/C12H12F3NO4/c1-20-10(18)9(16-7-17)11(19,12(13,14)15)8-5-3-2-4-6-8/h2-7,9,19H,1H3,(H,16,17)/t9-,11+/m0/s1. The fourth-order valence-electron chi connectivity index (χ4n) is 1.73. The Morgan fingerprint density at radius 3 is 2.30 bits per heavy atom. The Bertz CT molecular complexity index is 477. The number of hydrogen-bond acceptors (Lipinski definition) is 4. The molecule has 1 amide bonds. The van der Waals surface area contributed by atoms with Crippen LogP contribution in [-0.2, 0) is 19.9 Å². The second-order valence-corrected chi connectivity index (χ2v) is 3.87. The number of hydrogen-bond donors (Lipinski definition) is 2. The number of benzene rings is 1. The fourth-order valence-corrected chi connectivity index (χ4v) is 1.73. The normalized spacial score (nSPS) is 15.8. The number of aliphatic hydroxyl groups is 1. The van der Waals surface area contributed by atoms with E-state index in [9.17, 15) is 27.9 Å². The molecule has 0 heterocycles. The third-order valence-corrected chi connectivity index (χ3v) is 2.74. The van der Waals surface area contributed by atoms with Gasteiger partial charge in [0.2, 0.25) is 12.0 Å². The Labute approximate surface area is 112 Å². The van der Waals surface area contributed by atoms with Gasteiger partial charge in [-0.25, -0.2) is 4.79 Å². The van der Waals surface area contributed by atoms with Gasteiger partial charge in [0.15, 0.2) is 6.04 Å². The predicted octanol–water partition coefficient (Wildman–Crippen LogP) is 0.724. The van der Waals surface area contributed by atoms with Crippen LogP contribution >= 0.6 is 0 Å². The lowest BCUT2D eigenvalue weighted by Crippen LogP contribution is -2.60. The average molecular weight is 291 g/mol. The SMILES string of the molecule is COC(=O)[C@H](NC=O)[C@](O)(c1ccccc1)C(F)(F)F. The number of methoxy groups -OCH3 is 1. The second-order valence-electron chi connectivity index (χ2n) is 3.87. The van der Waals surface area contributed by atoms with Gasteiger partial charge in [-0.2, -0.15) is 13.2 Å². The molecule has 1 aromatic carbocycles. The van der Waals surface area contributed by atoms with Crippen LogP contribution in [0.4, 0.5) is 13.2 Å². The molecule has 2 atom stereocenters. The van der Waals surface area contributed by atoms with Gasteiger partial charge in [-0.15, -0.1) is 0 Å². The summed E-state index contributed by atoms with van der Waals surface area (Å²) in [7, 11) is 0.851. The molecule has 1 aromatic rings. The summed E-state index contributed by atoms with van der Waals surface area (Å²) in [6, 6.07) is 3.65. The molecular weight excluding hydrogens is 279 g/mol. The molecule has 0 unspecified atom stereocenters. The highest BCUT2D eigenvalue weighted by Crippen LogP contribution is 2.41. The summed E-state index contributed by atoms with van der Waals surface area (Å²) >= 11 is 0. The molecule has 20 heavy (non-hydrogen) atoms. The zero-order valence-corrected chi connectivity index (χ0v) is 10.3. The Morgan fingerprint density at radius 1 is 1.35 bits per heavy atom. The third-order valence-electron chi connectivity index (χ3n) is 2.74. The van der Waals surface area contributed by atoms with Crippen molar-refractivity contribution < 1.29 is 32.6 Å². The van der Waals surface area contributed by atoms with Crippen molar-refractivity contribution in [2.45, 2.75) is 17.8 Å². The van der Waals surface area contributed by atoms with Gasteiger partial charge in [0.25, 0.3) is 0 Å². The number of rotatable bonds is 5. The van der Waals surface area contributed by atoms with Crippen LogP contribution in [0, 0.1) is 0 Å². The predicted molar refractivity (Wildman–Crippen MR) is 61.4 cm³/mol. The van der Waals surface area contributed by atoms with Crippen molar-refractivity contribution in [3.8, 4) is 0 Å². The molecule has 0 saturated carbocycles. The second kappa shape index (κ2) is 5.91. The lowest BCUT2D eigenvalue weighted by molar-refractivity contribution is -0.276. The van der Waals surface area contributed by atoms with Crippen molar-refractivity contribution in [1.82, 2.24) is 5.32 Å². The molecule has 0 radical (unpaired) electrons. The maximum Gasteiger partial charge on any atom is 0.424 e. The lowest BCUT2D eigenvalue weighted by atomic mass is 9.85. The van der Waals surface area contributed by atoms with E-state index < -0.39 is 29.4 Å². The van der Waals surface area contributed by atoms with Gasteiger partial charge >= 0.3 is 12.1 Å². The Balaban J connectivity index is 3.44. The highest BCUT2D eigenvalue weighted by atomic mass is 19.4. The monoisotopic (exact) mass is 291 g/mol. The van der Waals surface area contributed by atoms with E-state index in [1.54, 1.807) is 5.32 Å². The molecular formula is C12H12F3NO4. The Morgan fingerprint density at radius 2 is 1.90 bits per heavy atom. The molecule has 0 saturated heterocycles. The van der Waals surface area contributed by atoms with Gasteiger partial charge in [-0.05, 0) is 5.56 Å². The van der Waals surface area contributed by atoms with Crippen molar-refractivity contribution in [3.05, 3.63) is 35.9 Å². The first-order chi connectivity index (χ1) is 9.29. The molecule has 1 rings (SSSR count). The van der Waals surface area contributed by atoms with Crippen LogP contribution in [-0.4, -0.2) is 36.8 Å². The third kappa shape index (κ3) is 2.74. The van der Waals surface area contributed by atoms with Crippen molar-refractivity contribution in [2.24, 2.45) is 0 Å². The first-order valence-corrected chi connectivity index (χ1v) is 5.41. The van der Waals surface area contributed by atoms with Crippen LogP contribution in [0.2, 0.25) is 0 Å². The van der Waals surface area contributed by atoms with Gasteiger partial charge in [-0.1, -0.05) is 30.3 Å². The molecule has 110 valence electrons. The van der Waals surface area contributed by atoms with E-state index in [4.69, 9.17) is 0 Å². The zero-order chi connectivity index (χ0) is 15.4. The minimum absolute atomic E-state index is 0.110. The van der Waals surface area contributed by atoms with Crippen LogP contribution in [0.15, 0.2) is 30.3 Å². The molecule has 0 fully saturated rings. The van der Waals surface area contributed by atoms with E-state index >= 15 is 0 Å². The topological polar surface area (TPSA) is 75.6 Å². The molecule has 0 aromatic heterocycles. The number of carbonyl (C=O) groups is 2. The summed E-state index contributed by atoms with van der Waals surface area (Å²) in [5.74, 6) is -1.42. The Kier molecular flexibility index (Phi) is 4.72. The van der Waals surface area contributed by atoms with Crippen molar-refractivity contribution in [1.29, 1.82) is 0 Å². The highest BCUT2D eigenvalue weighted by molar-refractivity contribution is 5.80. The number of ether oxygens (including phenoxy) is 1. The largest absolute Gasteiger partial charge is 0.467 e. The van der Waals surface area contributed by atoms with E-state index in [1.165, 1.54) is 18.2 Å². The van der Waals surface area contributed by atoms with Crippen LogP contribution in [0.1, 0.15) is 5.56 Å². The van der Waals surface area contributed by atoms with E-state index in [-0.39, 0.29) is 6.41 Å². The molecule has 5 nitrogen and oxygen atoms in total. The maximum atomic E-state index is 13.2. The molecule has 0 aliphatic rings. The molecule has 0 aliphatic carbocycles. The van der Waals surface area contributed by atoms with E-state index in [2.05, 4.69) is 4.74 Å². The summed E-state index contributed by atoms with van der Waals surface area (Å²) in [5.41, 5.74) is -4.18. The zero-order valence-electron chi connectivity index (χ0n) is 10.3. The van der Waals surface area contributed by atoms with Gasteiger partial charge in [-0.3, -0.25) is 4.79 Å². The summed E-state index contributed by atoms with van der Waals surface area (Å²) in [4.78, 5) is 21.9. The number of esters is 1. The van der Waals surface area contributed by atoms with Gasteiger partial charge in [0.05, 0.1) is 7.11 Å². The van der Waals surface area contributed by atoms with Gasteiger partial charge < -0.3 is 15.2 Å². The minimum atomic E-state index is -5.21. The van der Waals surface area contributed by atoms with Crippen molar-refractivity contribution in [3.63, 3.8) is 0 Å².